The predicted octanol–water partition coefficient (Wildman–Crippen LogP) is 4.32. The van der Waals surface area contributed by atoms with E-state index < -0.39 is 0 Å². The van der Waals surface area contributed by atoms with Gasteiger partial charge in [0.05, 0.1) is 18.8 Å². The van der Waals surface area contributed by atoms with Crippen molar-refractivity contribution in [2.45, 2.75) is 24.8 Å². The van der Waals surface area contributed by atoms with E-state index in [1.807, 2.05) is 61.7 Å². The van der Waals surface area contributed by atoms with E-state index in [-0.39, 0.29) is 5.56 Å². The molecule has 0 saturated carbocycles. The first-order valence-corrected chi connectivity index (χ1v) is 11.2. The van der Waals surface area contributed by atoms with Gasteiger partial charge in [0.15, 0.2) is 0 Å². The van der Waals surface area contributed by atoms with Crippen molar-refractivity contribution in [1.29, 1.82) is 0 Å². The standard InChI is InChI=1S/C23H22N4O3S/c1-3-29-18-8-4-16(5-9-18)20-12-13-22(28)27(25-20)15-14-21-24-23(26-30-21)17-6-10-19(31-2)11-7-17/h4-13H,3,14-15H2,1-2H3. The van der Waals surface area contributed by atoms with Crippen molar-refractivity contribution in [3.63, 3.8) is 0 Å². The van der Waals surface area contributed by atoms with Crippen LogP contribution in [0, 0.1) is 0 Å². The Kier molecular flexibility index (Phi) is 6.47. The molecule has 2 aromatic heterocycles. The van der Waals surface area contributed by atoms with Crippen molar-refractivity contribution in [3.8, 4) is 28.4 Å². The van der Waals surface area contributed by atoms with Crippen LogP contribution in [0.25, 0.3) is 22.6 Å². The molecule has 0 aliphatic heterocycles. The highest BCUT2D eigenvalue weighted by Gasteiger charge is 2.10. The van der Waals surface area contributed by atoms with Gasteiger partial charge in [-0.3, -0.25) is 4.79 Å². The van der Waals surface area contributed by atoms with E-state index in [0.29, 0.717) is 37.0 Å². The highest BCUT2D eigenvalue weighted by atomic mass is 32.2. The monoisotopic (exact) mass is 434 g/mol. The van der Waals surface area contributed by atoms with Gasteiger partial charge in [-0.2, -0.15) is 10.1 Å². The Bertz CT molecular complexity index is 1200. The average molecular weight is 435 g/mol. The largest absolute Gasteiger partial charge is 0.494 e. The molecule has 2 heterocycles. The lowest BCUT2D eigenvalue weighted by molar-refractivity contribution is 0.340. The smallest absolute Gasteiger partial charge is 0.266 e. The van der Waals surface area contributed by atoms with Crippen LogP contribution in [0.4, 0.5) is 0 Å². The van der Waals surface area contributed by atoms with Gasteiger partial charge in [0, 0.05) is 28.5 Å². The molecule has 0 fully saturated rings. The molecule has 0 saturated heterocycles. The number of nitrogens with zero attached hydrogens (tertiary/aromatic N) is 4. The fraction of sp³-hybridized carbons (Fsp3) is 0.217. The molecule has 4 aromatic rings. The maximum Gasteiger partial charge on any atom is 0.266 e. The van der Waals surface area contributed by atoms with E-state index in [2.05, 4.69) is 15.2 Å². The van der Waals surface area contributed by atoms with Gasteiger partial charge >= 0.3 is 0 Å². The van der Waals surface area contributed by atoms with E-state index in [1.165, 1.54) is 15.6 Å². The summed E-state index contributed by atoms with van der Waals surface area (Å²) in [6.07, 6.45) is 2.44. The number of hydrogen-bond acceptors (Lipinski definition) is 7. The number of ether oxygens (including phenoxy) is 1. The second-order valence-corrected chi connectivity index (χ2v) is 7.61. The van der Waals surface area contributed by atoms with Gasteiger partial charge in [0.1, 0.15) is 5.75 Å². The molecule has 158 valence electrons. The van der Waals surface area contributed by atoms with Crippen LogP contribution < -0.4 is 10.3 Å². The summed E-state index contributed by atoms with van der Waals surface area (Å²) in [7, 11) is 0. The Hall–Kier alpha value is -3.39. The molecule has 0 amide bonds. The predicted molar refractivity (Wildman–Crippen MR) is 120 cm³/mol. The van der Waals surface area contributed by atoms with Gasteiger partial charge in [-0.05, 0) is 67.8 Å². The minimum Gasteiger partial charge on any atom is -0.494 e. The van der Waals surface area contributed by atoms with Gasteiger partial charge in [0.25, 0.3) is 5.56 Å². The topological polar surface area (TPSA) is 83.0 Å². The lowest BCUT2D eigenvalue weighted by atomic mass is 10.1. The van der Waals surface area contributed by atoms with Crippen LogP contribution in [0.3, 0.4) is 0 Å². The van der Waals surface area contributed by atoms with Gasteiger partial charge in [0.2, 0.25) is 11.7 Å². The van der Waals surface area contributed by atoms with Crippen molar-refractivity contribution in [1.82, 2.24) is 19.9 Å². The van der Waals surface area contributed by atoms with Gasteiger partial charge in [-0.25, -0.2) is 4.68 Å². The molecule has 4 rings (SSSR count). The summed E-state index contributed by atoms with van der Waals surface area (Å²) >= 11 is 1.68. The van der Waals surface area contributed by atoms with Crippen LogP contribution in [0.2, 0.25) is 0 Å². The lowest BCUT2D eigenvalue weighted by Crippen LogP contribution is -2.23. The number of benzene rings is 2. The third-order valence-electron chi connectivity index (χ3n) is 4.68. The Morgan fingerprint density at radius 1 is 1.00 bits per heavy atom. The second kappa shape index (κ2) is 9.61. The quantitative estimate of drug-likeness (QED) is 0.382. The normalized spacial score (nSPS) is 10.9. The minimum atomic E-state index is -0.179. The van der Waals surface area contributed by atoms with Crippen molar-refractivity contribution < 1.29 is 9.26 Å². The van der Waals surface area contributed by atoms with Crippen LogP contribution in [-0.4, -0.2) is 32.8 Å². The molecular formula is C23H22N4O3S. The van der Waals surface area contributed by atoms with Gasteiger partial charge in [-0.1, -0.05) is 5.16 Å². The zero-order valence-corrected chi connectivity index (χ0v) is 18.1. The molecule has 8 heteroatoms. The third-order valence-corrected chi connectivity index (χ3v) is 5.43. The van der Waals surface area contributed by atoms with Crippen LogP contribution >= 0.6 is 11.8 Å². The summed E-state index contributed by atoms with van der Waals surface area (Å²) in [5.74, 6) is 1.80. The Morgan fingerprint density at radius 2 is 1.74 bits per heavy atom. The maximum atomic E-state index is 12.3. The Morgan fingerprint density at radius 3 is 2.45 bits per heavy atom. The summed E-state index contributed by atoms with van der Waals surface area (Å²) in [5, 5.41) is 8.54. The van der Waals surface area contributed by atoms with Crippen molar-refractivity contribution in [3.05, 3.63) is 76.9 Å². The first-order valence-electron chi connectivity index (χ1n) is 9.94. The summed E-state index contributed by atoms with van der Waals surface area (Å²) in [5.41, 5.74) is 2.33. The fourth-order valence-corrected chi connectivity index (χ4v) is 3.48. The van der Waals surface area contributed by atoms with Crippen LogP contribution in [0.15, 0.2) is 74.9 Å². The van der Waals surface area contributed by atoms with Crippen LogP contribution in [0.1, 0.15) is 12.8 Å². The second-order valence-electron chi connectivity index (χ2n) is 6.73. The molecule has 0 N–H and O–H groups in total. The van der Waals surface area contributed by atoms with E-state index in [0.717, 1.165) is 16.9 Å². The molecule has 0 spiro atoms. The molecule has 0 aliphatic carbocycles. The average Bonchev–Trinajstić information content (AvgIpc) is 3.28. The van der Waals surface area contributed by atoms with Crippen molar-refractivity contribution in [2.24, 2.45) is 0 Å². The van der Waals surface area contributed by atoms with Crippen LogP contribution in [-0.2, 0) is 13.0 Å². The highest BCUT2D eigenvalue weighted by molar-refractivity contribution is 7.98. The summed E-state index contributed by atoms with van der Waals surface area (Å²) in [6, 6.07) is 18.8. The van der Waals surface area contributed by atoms with Crippen molar-refractivity contribution >= 4 is 11.8 Å². The molecule has 0 bridgehead atoms. The highest BCUT2D eigenvalue weighted by Crippen LogP contribution is 2.22. The van der Waals surface area contributed by atoms with Gasteiger partial charge in [-0.15, -0.1) is 11.8 Å². The number of rotatable bonds is 8. The summed E-state index contributed by atoms with van der Waals surface area (Å²) in [6.45, 7) is 2.90. The fourth-order valence-electron chi connectivity index (χ4n) is 3.07. The zero-order chi connectivity index (χ0) is 21.6. The zero-order valence-electron chi connectivity index (χ0n) is 17.3. The summed E-state index contributed by atoms with van der Waals surface area (Å²) in [4.78, 5) is 17.9. The molecule has 0 aliphatic rings. The van der Waals surface area contributed by atoms with E-state index in [9.17, 15) is 4.79 Å². The van der Waals surface area contributed by atoms with Gasteiger partial charge < -0.3 is 9.26 Å². The molecule has 0 radical (unpaired) electrons. The van der Waals surface area contributed by atoms with Crippen molar-refractivity contribution in [2.75, 3.05) is 12.9 Å². The number of hydrogen-bond donors (Lipinski definition) is 0. The molecule has 7 nitrogen and oxygen atoms in total. The van der Waals surface area contributed by atoms with E-state index in [1.54, 1.807) is 17.8 Å². The Labute approximate surface area is 184 Å². The molecule has 0 unspecified atom stereocenters. The first kappa shape index (κ1) is 20.9. The van der Waals surface area contributed by atoms with E-state index in [4.69, 9.17) is 9.26 Å². The maximum absolute atomic E-state index is 12.3. The van der Waals surface area contributed by atoms with E-state index >= 15 is 0 Å². The minimum absolute atomic E-state index is 0.179. The Balaban J connectivity index is 1.46. The molecule has 31 heavy (non-hydrogen) atoms. The number of thioether (sulfide) groups is 1. The first-order chi connectivity index (χ1) is 15.2. The number of aryl methyl sites for hydroxylation is 2. The molecule has 0 atom stereocenters. The summed E-state index contributed by atoms with van der Waals surface area (Å²) < 4.78 is 12.3. The molecular weight excluding hydrogens is 412 g/mol. The third kappa shape index (κ3) is 5.03. The number of aromatic nitrogens is 4. The lowest BCUT2D eigenvalue weighted by Gasteiger charge is -2.07. The van der Waals surface area contributed by atoms with Crippen LogP contribution in [0.5, 0.6) is 5.75 Å². The SMILES string of the molecule is CCOc1ccc(-c2ccc(=O)n(CCc3nc(-c4ccc(SC)cc4)no3)n2)cc1. The molecule has 2 aromatic carbocycles.